The van der Waals surface area contributed by atoms with Crippen LogP contribution in [-0.4, -0.2) is 0 Å². The summed E-state index contributed by atoms with van der Waals surface area (Å²) in [5.41, 5.74) is 15.4. The summed E-state index contributed by atoms with van der Waals surface area (Å²) in [7, 11) is 0. The van der Waals surface area contributed by atoms with Gasteiger partial charge in [-0.25, -0.2) is 0 Å². The summed E-state index contributed by atoms with van der Waals surface area (Å²) in [5, 5.41) is 0. The van der Waals surface area contributed by atoms with Gasteiger partial charge in [0, 0.05) is 5.92 Å². The molecule has 3 aromatic carbocycles. The van der Waals surface area contributed by atoms with Gasteiger partial charge in [0.25, 0.3) is 0 Å². The molecule has 0 heteroatoms. The van der Waals surface area contributed by atoms with Crippen molar-refractivity contribution in [2.24, 2.45) is 17.3 Å². The third-order valence-corrected chi connectivity index (χ3v) is 8.32. The maximum absolute atomic E-state index is 4.60. The molecule has 0 radical (unpaired) electrons. The zero-order valence-corrected chi connectivity index (χ0v) is 23.9. The van der Waals surface area contributed by atoms with Crippen LogP contribution in [0.5, 0.6) is 0 Å². The van der Waals surface area contributed by atoms with Crippen LogP contribution in [0.25, 0.3) is 17.2 Å². The monoisotopic (exact) mass is 498 g/mol. The number of benzene rings is 3. The minimum absolute atomic E-state index is 0.280. The first-order valence-corrected chi connectivity index (χ1v) is 14.1. The minimum Gasteiger partial charge on any atom is -0.0986 e. The second kappa shape index (κ2) is 10.4. The zero-order valence-electron chi connectivity index (χ0n) is 23.9. The molecular weight excluding hydrogens is 456 g/mol. The minimum atomic E-state index is 0.280. The van der Waals surface area contributed by atoms with Crippen molar-refractivity contribution in [3.05, 3.63) is 136 Å². The predicted octanol–water partition coefficient (Wildman–Crippen LogP) is 10.2. The van der Waals surface area contributed by atoms with Gasteiger partial charge >= 0.3 is 0 Å². The van der Waals surface area contributed by atoms with E-state index in [-0.39, 0.29) is 5.41 Å². The van der Waals surface area contributed by atoms with Crippen molar-refractivity contribution in [1.29, 1.82) is 0 Å². The third-order valence-electron chi connectivity index (χ3n) is 8.32. The lowest BCUT2D eigenvalue weighted by Gasteiger charge is -2.33. The Hall–Kier alpha value is -3.38. The number of fused-ring (bicyclic) bond motifs is 1. The summed E-state index contributed by atoms with van der Waals surface area (Å²) in [6, 6.07) is 22.4. The van der Waals surface area contributed by atoms with Crippen molar-refractivity contribution < 1.29 is 0 Å². The molecule has 0 aromatic heterocycles. The summed E-state index contributed by atoms with van der Waals surface area (Å²) < 4.78 is 0. The van der Waals surface area contributed by atoms with Crippen LogP contribution >= 0.6 is 0 Å². The Morgan fingerprint density at radius 1 is 0.895 bits per heavy atom. The summed E-state index contributed by atoms with van der Waals surface area (Å²) in [6.45, 7) is 20.5. The van der Waals surface area contributed by atoms with Gasteiger partial charge in [-0.2, -0.15) is 0 Å². The van der Waals surface area contributed by atoms with Crippen LogP contribution in [0.2, 0.25) is 0 Å². The molecular formula is C38H42. The van der Waals surface area contributed by atoms with E-state index in [2.05, 4.69) is 127 Å². The van der Waals surface area contributed by atoms with E-state index >= 15 is 0 Å². The molecule has 0 bridgehead atoms. The van der Waals surface area contributed by atoms with Gasteiger partial charge in [0.2, 0.25) is 0 Å². The quantitative estimate of drug-likeness (QED) is 0.297. The zero-order chi connectivity index (χ0) is 27.0. The van der Waals surface area contributed by atoms with Crippen molar-refractivity contribution in [3.8, 4) is 11.1 Å². The molecule has 0 amide bonds. The largest absolute Gasteiger partial charge is 0.0986 e. The summed E-state index contributed by atoms with van der Waals surface area (Å²) in [4.78, 5) is 0. The fourth-order valence-electron chi connectivity index (χ4n) is 6.45. The molecule has 0 nitrogen and oxygen atoms in total. The number of hydrogen-bond donors (Lipinski definition) is 0. The Balaban J connectivity index is 1.43. The Kier molecular flexibility index (Phi) is 7.19. The summed E-state index contributed by atoms with van der Waals surface area (Å²) in [5.74, 6) is 0.757. The maximum Gasteiger partial charge on any atom is 0.00827 e. The van der Waals surface area contributed by atoms with Gasteiger partial charge < -0.3 is 0 Å². The van der Waals surface area contributed by atoms with E-state index in [9.17, 15) is 0 Å². The van der Waals surface area contributed by atoms with Gasteiger partial charge in [-0.3, -0.25) is 0 Å². The van der Waals surface area contributed by atoms with Crippen LogP contribution in [0.4, 0.5) is 0 Å². The van der Waals surface area contributed by atoms with Crippen LogP contribution in [0.1, 0.15) is 67.0 Å². The second-order valence-corrected chi connectivity index (χ2v) is 12.8. The van der Waals surface area contributed by atoms with E-state index in [0.717, 1.165) is 25.7 Å². The van der Waals surface area contributed by atoms with Gasteiger partial charge in [-0.15, -0.1) is 0 Å². The Bertz CT molecular complexity index is 1440. The molecule has 3 aromatic rings. The van der Waals surface area contributed by atoms with Crippen LogP contribution in [0.3, 0.4) is 0 Å². The molecule has 2 unspecified atom stereocenters. The molecule has 0 spiro atoms. The molecule has 0 aliphatic heterocycles. The van der Waals surface area contributed by atoms with E-state index in [4.69, 9.17) is 0 Å². The lowest BCUT2D eigenvalue weighted by Crippen LogP contribution is -2.21. The molecule has 0 heterocycles. The van der Waals surface area contributed by atoms with Crippen molar-refractivity contribution in [2.45, 2.75) is 60.3 Å². The van der Waals surface area contributed by atoms with Gasteiger partial charge in [-0.05, 0) is 95.4 Å². The summed E-state index contributed by atoms with van der Waals surface area (Å²) >= 11 is 0. The highest BCUT2D eigenvalue weighted by atomic mass is 14.3. The normalized spacial score (nSPS) is 19.0. The van der Waals surface area contributed by atoms with Gasteiger partial charge in [-0.1, -0.05) is 130 Å². The van der Waals surface area contributed by atoms with Gasteiger partial charge in [0.15, 0.2) is 0 Å². The third kappa shape index (κ3) is 5.56. The number of rotatable bonds is 6. The van der Waals surface area contributed by atoms with Gasteiger partial charge in [0.1, 0.15) is 0 Å². The lowest BCUT2D eigenvalue weighted by molar-refractivity contribution is 0.334. The van der Waals surface area contributed by atoms with Crippen molar-refractivity contribution >= 4 is 6.08 Å². The Morgan fingerprint density at radius 3 is 2.39 bits per heavy atom. The molecule has 2 atom stereocenters. The van der Waals surface area contributed by atoms with E-state index in [1.807, 2.05) is 0 Å². The highest BCUT2D eigenvalue weighted by Crippen LogP contribution is 2.44. The molecule has 5 rings (SSSR count). The first-order chi connectivity index (χ1) is 18.1. The smallest absolute Gasteiger partial charge is 0.00827 e. The first kappa shape index (κ1) is 26.2. The van der Waals surface area contributed by atoms with Crippen molar-refractivity contribution in [1.82, 2.24) is 0 Å². The highest BCUT2D eigenvalue weighted by molar-refractivity contribution is 5.80. The standard InChI is InChI=1S/C38H42/c1-25-18-27(3)35(21-29-12-9-8-10-13-29)37(19-25)33-15-11-14-31-20-30(23-36(31)33)22-34-26(2)16-17-32(28(34)4)24-38(5,6)7/h8-20,32,34H,2,4,21-24H2,1,3,5-7H3. The molecule has 38 heavy (non-hydrogen) atoms. The predicted molar refractivity (Wildman–Crippen MR) is 165 cm³/mol. The molecule has 2 aliphatic carbocycles. The SMILES string of the molecule is C=C1C=CC(CC(C)(C)C)C(=C)C1CC1=Cc2cccc(-c3cc(C)cc(C)c3Cc3ccccc3)c2C1. The number of allylic oxidation sites excluding steroid dienone is 5. The molecule has 0 saturated heterocycles. The van der Waals surface area contributed by atoms with Gasteiger partial charge in [0.05, 0.1) is 0 Å². The number of hydrogen-bond acceptors (Lipinski definition) is 0. The lowest BCUT2D eigenvalue weighted by atomic mass is 9.71. The average Bonchev–Trinajstić information content (AvgIpc) is 3.28. The highest BCUT2D eigenvalue weighted by Gasteiger charge is 2.30. The molecule has 2 aliphatic rings. The fourth-order valence-corrected chi connectivity index (χ4v) is 6.45. The van der Waals surface area contributed by atoms with Crippen molar-refractivity contribution in [2.75, 3.05) is 0 Å². The first-order valence-electron chi connectivity index (χ1n) is 14.1. The van der Waals surface area contributed by atoms with Crippen molar-refractivity contribution in [3.63, 3.8) is 0 Å². The van der Waals surface area contributed by atoms with E-state index in [1.165, 1.54) is 61.2 Å². The average molecular weight is 499 g/mol. The molecule has 0 N–H and O–H groups in total. The van der Waals surface area contributed by atoms with Crippen LogP contribution in [0, 0.1) is 31.1 Å². The summed E-state index contributed by atoms with van der Waals surface area (Å²) in [6.07, 6.45) is 11.1. The van der Waals surface area contributed by atoms with E-state index in [0.29, 0.717) is 11.8 Å². The van der Waals surface area contributed by atoms with E-state index < -0.39 is 0 Å². The molecule has 0 saturated carbocycles. The van der Waals surface area contributed by atoms with Crippen LogP contribution in [-0.2, 0) is 12.8 Å². The maximum atomic E-state index is 4.60. The Morgan fingerprint density at radius 2 is 1.66 bits per heavy atom. The Labute approximate surface area is 230 Å². The molecule has 194 valence electrons. The second-order valence-electron chi connectivity index (χ2n) is 12.8. The van der Waals surface area contributed by atoms with E-state index in [1.54, 1.807) is 0 Å². The van der Waals surface area contributed by atoms with Crippen LogP contribution in [0.15, 0.2) is 103 Å². The number of aryl methyl sites for hydroxylation is 2. The molecule has 0 fully saturated rings. The fraction of sp³-hybridized carbons (Fsp3) is 0.316. The topological polar surface area (TPSA) is 0 Å². The van der Waals surface area contributed by atoms with Crippen LogP contribution < -0.4 is 0 Å².